The standard InChI is InChI=1S/C15H21N3O2S/c1-15(20)6-8-18(9-7-15)10-13(19)17-12-5-3-2-4-11(12)14(16)21/h2-5,20H,6-10H2,1H3,(H2,16,21)(H,17,19). The van der Waals surface area contributed by atoms with E-state index in [2.05, 4.69) is 5.32 Å². The number of para-hydroxylation sites is 1. The van der Waals surface area contributed by atoms with E-state index in [4.69, 9.17) is 18.0 Å². The summed E-state index contributed by atoms with van der Waals surface area (Å²) < 4.78 is 0. The van der Waals surface area contributed by atoms with Crippen LogP contribution in [0.2, 0.25) is 0 Å². The Bertz CT molecular complexity index is 535. The number of carbonyl (C=O) groups is 1. The van der Waals surface area contributed by atoms with Crippen molar-refractivity contribution in [2.45, 2.75) is 25.4 Å². The summed E-state index contributed by atoms with van der Waals surface area (Å²) in [5.41, 5.74) is 6.35. The van der Waals surface area contributed by atoms with E-state index in [1.807, 2.05) is 24.0 Å². The minimum Gasteiger partial charge on any atom is -0.390 e. The molecular formula is C15H21N3O2S. The highest BCUT2D eigenvalue weighted by Crippen LogP contribution is 2.21. The predicted molar refractivity (Wildman–Crippen MR) is 87.3 cm³/mol. The fourth-order valence-electron chi connectivity index (χ4n) is 2.39. The largest absolute Gasteiger partial charge is 0.390 e. The van der Waals surface area contributed by atoms with Gasteiger partial charge in [-0.05, 0) is 31.9 Å². The molecule has 1 aliphatic rings. The molecule has 1 heterocycles. The van der Waals surface area contributed by atoms with Gasteiger partial charge in [0.2, 0.25) is 5.91 Å². The van der Waals surface area contributed by atoms with E-state index >= 15 is 0 Å². The topological polar surface area (TPSA) is 78.6 Å². The zero-order chi connectivity index (χ0) is 15.5. The molecule has 1 fully saturated rings. The first kappa shape index (κ1) is 15.9. The molecular weight excluding hydrogens is 286 g/mol. The number of hydrogen-bond donors (Lipinski definition) is 3. The van der Waals surface area contributed by atoms with Crippen molar-refractivity contribution in [1.29, 1.82) is 0 Å². The monoisotopic (exact) mass is 307 g/mol. The number of nitrogens with zero attached hydrogens (tertiary/aromatic N) is 1. The molecule has 21 heavy (non-hydrogen) atoms. The number of nitrogens with two attached hydrogens (primary N) is 1. The SMILES string of the molecule is CC1(O)CCN(CC(=O)Nc2ccccc2C(N)=S)CC1. The van der Waals surface area contributed by atoms with Gasteiger partial charge in [-0.2, -0.15) is 0 Å². The zero-order valence-electron chi connectivity index (χ0n) is 12.1. The number of amides is 1. The molecule has 1 amide bonds. The lowest BCUT2D eigenvalue weighted by Gasteiger charge is -2.35. The number of nitrogens with one attached hydrogen (secondary N) is 1. The fourth-order valence-corrected chi connectivity index (χ4v) is 2.57. The van der Waals surface area contributed by atoms with Crippen molar-refractivity contribution >= 4 is 28.8 Å². The van der Waals surface area contributed by atoms with E-state index < -0.39 is 5.60 Å². The van der Waals surface area contributed by atoms with Gasteiger partial charge in [-0.25, -0.2) is 0 Å². The number of thiocarbonyl (C=S) groups is 1. The normalized spacial score (nSPS) is 18.2. The third-order valence-corrected chi connectivity index (χ3v) is 3.99. The number of hydrogen-bond acceptors (Lipinski definition) is 4. The predicted octanol–water partition coefficient (Wildman–Crippen LogP) is 1.11. The maximum absolute atomic E-state index is 12.1. The van der Waals surface area contributed by atoms with Crippen molar-refractivity contribution in [3.63, 3.8) is 0 Å². The third kappa shape index (κ3) is 4.49. The van der Waals surface area contributed by atoms with Gasteiger partial charge < -0.3 is 16.2 Å². The van der Waals surface area contributed by atoms with Crippen molar-refractivity contribution in [2.75, 3.05) is 25.0 Å². The number of carbonyl (C=O) groups excluding carboxylic acids is 1. The van der Waals surface area contributed by atoms with Crippen LogP contribution < -0.4 is 11.1 Å². The molecule has 0 radical (unpaired) electrons. The van der Waals surface area contributed by atoms with Gasteiger partial charge in [-0.3, -0.25) is 9.69 Å². The number of benzene rings is 1. The highest BCUT2D eigenvalue weighted by Gasteiger charge is 2.28. The van der Waals surface area contributed by atoms with Crippen molar-refractivity contribution in [3.05, 3.63) is 29.8 Å². The summed E-state index contributed by atoms with van der Waals surface area (Å²) in [5, 5.41) is 12.8. The molecule has 0 bridgehead atoms. The summed E-state index contributed by atoms with van der Waals surface area (Å²) in [7, 11) is 0. The quantitative estimate of drug-likeness (QED) is 0.726. The van der Waals surface area contributed by atoms with E-state index in [0.29, 0.717) is 30.6 Å². The van der Waals surface area contributed by atoms with Gasteiger partial charge in [0.05, 0.1) is 17.8 Å². The summed E-state index contributed by atoms with van der Waals surface area (Å²) in [6.07, 6.45) is 1.37. The lowest BCUT2D eigenvalue weighted by Crippen LogP contribution is -2.45. The summed E-state index contributed by atoms with van der Waals surface area (Å²) in [6, 6.07) is 7.23. The number of aliphatic hydroxyl groups is 1. The number of anilines is 1. The van der Waals surface area contributed by atoms with Crippen molar-refractivity contribution < 1.29 is 9.90 Å². The highest BCUT2D eigenvalue weighted by molar-refractivity contribution is 7.80. The number of piperidine rings is 1. The zero-order valence-corrected chi connectivity index (χ0v) is 12.9. The maximum atomic E-state index is 12.1. The van der Waals surface area contributed by atoms with Crippen LogP contribution in [0.4, 0.5) is 5.69 Å². The van der Waals surface area contributed by atoms with E-state index in [1.165, 1.54) is 0 Å². The minimum absolute atomic E-state index is 0.0970. The molecule has 4 N–H and O–H groups in total. The van der Waals surface area contributed by atoms with Gasteiger partial charge in [0.1, 0.15) is 4.99 Å². The lowest BCUT2D eigenvalue weighted by atomic mass is 9.94. The summed E-state index contributed by atoms with van der Waals surface area (Å²) in [5.74, 6) is -0.0970. The Morgan fingerprint density at radius 1 is 1.43 bits per heavy atom. The first-order valence-corrected chi connectivity index (χ1v) is 7.42. The van der Waals surface area contributed by atoms with Crippen LogP contribution >= 0.6 is 12.2 Å². The summed E-state index contributed by atoms with van der Waals surface area (Å²) >= 11 is 4.98. The highest BCUT2D eigenvalue weighted by atomic mass is 32.1. The average Bonchev–Trinajstić information content (AvgIpc) is 2.41. The Hall–Kier alpha value is -1.50. The number of rotatable bonds is 4. The van der Waals surface area contributed by atoms with Crippen LogP contribution in [-0.4, -0.2) is 46.1 Å². The molecule has 5 nitrogen and oxygen atoms in total. The van der Waals surface area contributed by atoms with Gasteiger partial charge in [-0.1, -0.05) is 24.4 Å². The molecule has 0 atom stereocenters. The van der Waals surface area contributed by atoms with Crippen LogP contribution in [0.3, 0.4) is 0 Å². The Balaban J connectivity index is 1.92. The molecule has 0 aliphatic carbocycles. The molecule has 0 spiro atoms. The van der Waals surface area contributed by atoms with Crippen molar-refractivity contribution in [2.24, 2.45) is 5.73 Å². The van der Waals surface area contributed by atoms with Crippen LogP contribution in [0.25, 0.3) is 0 Å². The van der Waals surface area contributed by atoms with Crippen LogP contribution in [0.15, 0.2) is 24.3 Å². The molecule has 2 rings (SSSR count). The Morgan fingerprint density at radius 2 is 2.05 bits per heavy atom. The Morgan fingerprint density at radius 3 is 2.67 bits per heavy atom. The molecule has 1 aromatic carbocycles. The average molecular weight is 307 g/mol. The van der Waals surface area contributed by atoms with E-state index in [0.717, 1.165) is 13.1 Å². The molecule has 1 aliphatic heterocycles. The molecule has 0 unspecified atom stereocenters. The molecule has 114 valence electrons. The number of likely N-dealkylation sites (tertiary alicyclic amines) is 1. The third-order valence-electron chi connectivity index (χ3n) is 3.77. The summed E-state index contributed by atoms with van der Waals surface area (Å²) in [4.78, 5) is 14.4. The fraction of sp³-hybridized carbons (Fsp3) is 0.467. The van der Waals surface area contributed by atoms with E-state index in [-0.39, 0.29) is 10.9 Å². The maximum Gasteiger partial charge on any atom is 0.238 e. The second-order valence-electron chi connectivity index (χ2n) is 5.73. The molecule has 0 saturated carbocycles. The Kier molecular flexibility index (Phi) is 4.92. The van der Waals surface area contributed by atoms with E-state index in [9.17, 15) is 9.90 Å². The summed E-state index contributed by atoms with van der Waals surface area (Å²) in [6.45, 7) is 3.58. The molecule has 6 heteroatoms. The molecule has 1 saturated heterocycles. The van der Waals surface area contributed by atoms with E-state index in [1.54, 1.807) is 12.1 Å². The first-order chi connectivity index (χ1) is 9.87. The minimum atomic E-state index is -0.606. The first-order valence-electron chi connectivity index (χ1n) is 7.01. The van der Waals surface area contributed by atoms with Crippen LogP contribution in [0.1, 0.15) is 25.3 Å². The smallest absolute Gasteiger partial charge is 0.238 e. The van der Waals surface area contributed by atoms with Crippen LogP contribution in [0.5, 0.6) is 0 Å². The van der Waals surface area contributed by atoms with Crippen LogP contribution in [0, 0.1) is 0 Å². The molecule has 0 aromatic heterocycles. The second-order valence-corrected chi connectivity index (χ2v) is 6.17. The van der Waals surface area contributed by atoms with Crippen LogP contribution in [-0.2, 0) is 4.79 Å². The van der Waals surface area contributed by atoms with Gasteiger partial charge >= 0.3 is 0 Å². The van der Waals surface area contributed by atoms with Gasteiger partial charge in [-0.15, -0.1) is 0 Å². The van der Waals surface area contributed by atoms with Crippen molar-refractivity contribution in [3.8, 4) is 0 Å². The van der Waals surface area contributed by atoms with Gasteiger partial charge in [0.25, 0.3) is 0 Å². The lowest BCUT2D eigenvalue weighted by molar-refractivity contribution is -0.118. The second kappa shape index (κ2) is 6.51. The van der Waals surface area contributed by atoms with Crippen molar-refractivity contribution in [1.82, 2.24) is 4.90 Å². The van der Waals surface area contributed by atoms with Gasteiger partial charge in [0, 0.05) is 18.7 Å². The van der Waals surface area contributed by atoms with Gasteiger partial charge in [0.15, 0.2) is 0 Å². The molecule has 1 aromatic rings. The Labute approximate surface area is 130 Å².